The quantitative estimate of drug-likeness (QED) is 0.919. The molecule has 0 saturated carbocycles. The van der Waals surface area contributed by atoms with E-state index >= 15 is 0 Å². The molecule has 6 nitrogen and oxygen atoms in total. The number of likely N-dealkylation sites (tertiary alicyclic amines) is 1. The first-order valence-corrected chi connectivity index (χ1v) is 8.63. The molecule has 1 N–H and O–H groups in total. The van der Waals surface area contributed by atoms with E-state index in [-0.39, 0.29) is 30.9 Å². The lowest BCUT2D eigenvalue weighted by Gasteiger charge is -2.17. The second-order valence-electron chi connectivity index (χ2n) is 6.67. The standard InChI is InChI=1S/C20H20N2O4/c1-13-4-2-3-5-16(13)21-20(24)15-9-19(23)22(11-15)10-14-6-7-17-18(8-14)26-12-25-17/h2-8,15H,9-12H2,1H3,(H,21,24). The van der Waals surface area contributed by atoms with Gasteiger partial charge >= 0.3 is 0 Å². The topological polar surface area (TPSA) is 67.9 Å². The number of ether oxygens (including phenoxy) is 2. The molecule has 2 aliphatic rings. The molecule has 0 bridgehead atoms. The van der Waals surface area contributed by atoms with Crippen LogP contribution in [0.1, 0.15) is 17.5 Å². The number of aryl methyl sites for hydroxylation is 1. The van der Waals surface area contributed by atoms with Gasteiger partial charge in [0.15, 0.2) is 11.5 Å². The van der Waals surface area contributed by atoms with Crippen LogP contribution in [0.4, 0.5) is 5.69 Å². The van der Waals surface area contributed by atoms with Crippen LogP contribution in [0, 0.1) is 12.8 Å². The lowest BCUT2D eigenvalue weighted by Crippen LogP contribution is -2.28. The number of anilines is 1. The van der Waals surface area contributed by atoms with Crippen LogP contribution in [0.5, 0.6) is 11.5 Å². The smallest absolute Gasteiger partial charge is 0.231 e. The Morgan fingerprint density at radius 1 is 1.19 bits per heavy atom. The summed E-state index contributed by atoms with van der Waals surface area (Å²) in [5, 5.41) is 2.94. The van der Waals surface area contributed by atoms with Crippen LogP contribution in [0.15, 0.2) is 42.5 Å². The Balaban J connectivity index is 1.40. The lowest BCUT2D eigenvalue weighted by atomic mass is 10.1. The van der Waals surface area contributed by atoms with Gasteiger partial charge in [0.25, 0.3) is 0 Å². The van der Waals surface area contributed by atoms with Crippen LogP contribution in [-0.2, 0) is 16.1 Å². The van der Waals surface area contributed by atoms with Crippen molar-refractivity contribution in [1.82, 2.24) is 4.90 Å². The number of para-hydroxylation sites is 1. The average molecular weight is 352 g/mol. The fraction of sp³-hybridized carbons (Fsp3) is 0.300. The van der Waals surface area contributed by atoms with Crippen molar-refractivity contribution in [2.45, 2.75) is 19.9 Å². The summed E-state index contributed by atoms with van der Waals surface area (Å²) in [5.74, 6) is 0.963. The van der Waals surface area contributed by atoms with Crippen molar-refractivity contribution in [1.29, 1.82) is 0 Å². The Labute approximate surface area is 151 Å². The van der Waals surface area contributed by atoms with E-state index in [1.807, 2.05) is 49.4 Å². The maximum absolute atomic E-state index is 12.5. The molecule has 26 heavy (non-hydrogen) atoms. The Morgan fingerprint density at radius 2 is 2.00 bits per heavy atom. The molecule has 2 aliphatic heterocycles. The summed E-state index contributed by atoms with van der Waals surface area (Å²) in [5.41, 5.74) is 2.75. The number of benzene rings is 2. The molecular weight excluding hydrogens is 332 g/mol. The Morgan fingerprint density at radius 3 is 2.85 bits per heavy atom. The van der Waals surface area contributed by atoms with Gasteiger partial charge in [-0.3, -0.25) is 9.59 Å². The highest BCUT2D eigenvalue weighted by molar-refractivity contribution is 5.97. The first kappa shape index (κ1) is 16.4. The number of rotatable bonds is 4. The molecule has 1 saturated heterocycles. The zero-order valence-electron chi connectivity index (χ0n) is 14.5. The Bertz CT molecular complexity index is 865. The highest BCUT2D eigenvalue weighted by atomic mass is 16.7. The fourth-order valence-electron chi connectivity index (χ4n) is 3.31. The van der Waals surface area contributed by atoms with Crippen molar-refractivity contribution in [2.24, 2.45) is 5.92 Å². The molecule has 0 radical (unpaired) electrons. The largest absolute Gasteiger partial charge is 0.454 e. The number of hydrogen-bond acceptors (Lipinski definition) is 4. The number of hydrogen-bond donors (Lipinski definition) is 1. The van der Waals surface area contributed by atoms with Crippen molar-refractivity contribution in [3.05, 3.63) is 53.6 Å². The molecule has 0 spiro atoms. The van der Waals surface area contributed by atoms with E-state index < -0.39 is 0 Å². The second kappa shape index (κ2) is 6.71. The van der Waals surface area contributed by atoms with Crippen LogP contribution >= 0.6 is 0 Å². The number of nitrogens with one attached hydrogen (secondary N) is 1. The van der Waals surface area contributed by atoms with E-state index in [4.69, 9.17) is 9.47 Å². The second-order valence-corrected chi connectivity index (χ2v) is 6.67. The van der Waals surface area contributed by atoms with Gasteiger partial charge in [-0.15, -0.1) is 0 Å². The SMILES string of the molecule is Cc1ccccc1NC(=O)C1CC(=O)N(Cc2ccc3c(c2)OCO3)C1. The summed E-state index contributed by atoms with van der Waals surface area (Å²) in [6, 6.07) is 13.3. The van der Waals surface area contributed by atoms with Crippen LogP contribution in [-0.4, -0.2) is 30.1 Å². The van der Waals surface area contributed by atoms with E-state index in [1.54, 1.807) is 4.90 Å². The molecule has 0 aromatic heterocycles. The van der Waals surface area contributed by atoms with Crippen LogP contribution < -0.4 is 14.8 Å². The molecule has 1 atom stereocenters. The zero-order valence-corrected chi connectivity index (χ0v) is 14.5. The minimum absolute atomic E-state index is 0.00685. The van der Waals surface area contributed by atoms with Gasteiger partial charge < -0.3 is 19.7 Å². The van der Waals surface area contributed by atoms with E-state index in [2.05, 4.69) is 5.32 Å². The summed E-state index contributed by atoms with van der Waals surface area (Å²) in [4.78, 5) is 26.6. The number of amides is 2. The molecule has 2 aromatic carbocycles. The highest BCUT2D eigenvalue weighted by Gasteiger charge is 2.34. The Kier molecular flexibility index (Phi) is 4.24. The van der Waals surface area contributed by atoms with Gasteiger partial charge in [0.2, 0.25) is 18.6 Å². The van der Waals surface area contributed by atoms with Gasteiger partial charge in [0, 0.05) is 25.2 Å². The number of carbonyl (C=O) groups excluding carboxylic acids is 2. The van der Waals surface area contributed by atoms with E-state index in [1.165, 1.54) is 0 Å². The first-order chi connectivity index (χ1) is 12.6. The zero-order chi connectivity index (χ0) is 18.1. The van der Waals surface area contributed by atoms with E-state index in [0.717, 1.165) is 22.6 Å². The summed E-state index contributed by atoms with van der Waals surface area (Å²) in [6.07, 6.45) is 0.238. The molecular formula is C20H20N2O4. The van der Waals surface area contributed by atoms with Crippen molar-refractivity contribution in [2.75, 3.05) is 18.7 Å². The van der Waals surface area contributed by atoms with Crippen LogP contribution in [0.25, 0.3) is 0 Å². The molecule has 2 heterocycles. The number of fused-ring (bicyclic) bond motifs is 1. The molecule has 134 valence electrons. The lowest BCUT2D eigenvalue weighted by molar-refractivity contribution is -0.128. The third-order valence-corrected chi connectivity index (χ3v) is 4.80. The molecule has 1 fully saturated rings. The predicted octanol–water partition coefficient (Wildman–Crippen LogP) is 2.71. The maximum Gasteiger partial charge on any atom is 0.231 e. The predicted molar refractivity (Wildman–Crippen MR) is 95.9 cm³/mol. The maximum atomic E-state index is 12.5. The van der Waals surface area contributed by atoms with Gasteiger partial charge in [-0.25, -0.2) is 0 Å². The van der Waals surface area contributed by atoms with Crippen LogP contribution in [0.3, 0.4) is 0 Å². The van der Waals surface area contributed by atoms with Gasteiger partial charge in [0.05, 0.1) is 5.92 Å². The van der Waals surface area contributed by atoms with Gasteiger partial charge in [-0.05, 0) is 36.2 Å². The summed E-state index contributed by atoms with van der Waals surface area (Å²) < 4.78 is 10.7. The van der Waals surface area contributed by atoms with Gasteiger partial charge in [-0.1, -0.05) is 24.3 Å². The minimum atomic E-state index is -0.337. The minimum Gasteiger partial charge on any atom is -0.454 e. The molecule has 6 heteroatoms. The molecule has 0 aliphatic carbocycles. The number of carbonyl (C=O) groups is 2. The van der Waals surface area contributed by atoms with Gasteiger partial charge in [-0.2, -0.15) is 0 Å². The fourth-order valence-corrected chi connectivity index (χ4v) is 3.31. The molecule has 2 aromatic rings. The van der Waals surface area contributed by atoms with Gasteiger partial charge in [0.1, 0.15) is 0 Å². The molecule has 4 rings (SSSR count). The van der Waals surface area contributed by atoms with Crippen molar-refractivity contribution in [3.63, 3.8) is 0 Å². The third-order valence-electron chi connectivity index (χ3n) is 4.80. The normalized spacial score (nSPS) is 18.3. The van der Waals surface area contributed by atoms with E-state index in [0.29, 0.717) is 18.8 Å². The summed E-state index contributed by atoms with van der Waals surface area (Å²) >= 11 is 0. The van der Waals surface area contributed by atoms with Crippen molar-refractivity contribution >= 4 is 17.5 Å². The first-order valence-electron chi connectivity index (χ1n) is 8.63. The molecule has 1 unspecified atom stereocenters. The third kappa shape index (κ3) is 3.22. The van der Waals surface area contributed by atoms with E-state index in [9.17, 15) is 9.59 Å². The summed E-state index contributed by atoms with van der Waals surface area (Å²) in [7, 11) is 0. The summed E-state index contributed by atoms with van der Waals surface area (Å²) in [6.45, 7) is 3.05. The van der Waals surface area contributed by atoms with Crippen molar-refractivity contribution in [3.8, 4) is 11.5 Å². The Hall–Kier alpha value is -3.02. The van der Waals surface area contributed by atoms with Crippen LogP contribution in [0.2, 0.25) is 0 Å². The number of nitrogens with zero attached hydrogens (tertiary/aromatic N) is 1. The van der Waals surface area contributed by atoms with Crippen molar-refractivity contribution < 1.29 is 19.1 Å². The monoisotopic (exact) mass is 352 g/mol. The average Bonchev–Trinajstić information content (AvgIpc) is 3.23. The molecule has 2 amide bonds. The highest BCUT2D eigenvalue weighted by Crippen LogP contribution is 2.33.